The summed E-state index contributed by atoms with van der Waals surface area (Å²) in [6.07, 6.45) is 6.00. The Bertz CT molecular complexity index is 2780. The zero-order valence-electron chi connectivity index (χ0n) is 31.6. The SMILES string of the molecule is NC(=O)[C@H](Cc1ccc2ccccc2c1)NC(=O)[C@H](Cc1c[nH]c2ccccc12)NC(=O)[C@@H](Cc1c[nH]c2ccccc12)NC(=O)[C@H](N)Cc1c[nH]c2ccccc12. The van der Waals surface area contributed by atoms with Gasteiger partial charge in [0, 0.05) is 70.6 Å². The minimum Gasteiger partial charge on any atom is -0.368 e. The number of carbonyl (C=O) groups excluding carboxylic acids is 4. The first-order valence-corrected chi connectivity index (χ1v) is 19.3. The summed E-state index contributed by atoms with van der Waals surface area (Å²) >= 11 is 0. The zero-order valence-corrected chi connectivity index (χ0v) is 31.6. The lowest BCUT2D eigenvalue weighted by molar-refractivity contribution is -0.133. The molecule has 0 saturated heterocycles. The molecule has 292 valence electrons. The maximum Gasteiger partial charge on any atom is 0.243 e. The van der Waals surface area contributed by atoms with Gasteiger partial charge in [-0.05, 0) is 57.6 Å². The van der Waals surface area contributed by atoms with E-state index in [0.29, 0.717) is 0 Å². The van der Waals surface area contributed by atoms with E-state index in [-0.39, 0.29) is 25.7 Å². The molecule has 58 heavy (non-hydrogen) atoms. The first-order valence-electron chi connectivity index (χ1n) is 19.3. The van der Waals surface area contributed by atoms with E-state index in [2.05, 4.69) is 30.9 Å². The van der Waals surface area contributed by atoms with Gasteiger partial charge >= 0.3 is 0 Å². The number of nitrogens with one attached hydrogen (secondary N) is 6. The molecular weight excluding hydrogens is 729 g/mol. The van der Waals surface area contributed by atoms with E-state index >= 15 is 0 Å². The van der Waals surface area contributed by atoms with Gasteiger partial charge in [-0.1, -0.05) is 97.1 Å². The molecule has 12 nitrogen and oxygen atoms in total. The van der Waals surface area contributed by atoms with E-state index in [1.54, 1.807) is 6.20 Å². The van der Waals surface area contributed by atoms with Crippen molar-refractivity contribution < 1.29 is 19.2 Å². The summed E-state index contributed by atoms with van der Waals surface area (Å²) in [4.78, 5) is 65.3. The summed E-state index contributed by atoms with van der Waals surface area (Å²) in [7, 11) is 0. The van der Waals surface area contributed by atoms with E-state index in [0.717, 1.165) is 65.7 Å². The molecular formula is C46H44N8O4. The second-order valence-electron chi connectivity index (χ2n) is 14.8. The van der Waals surface area contributed by atoms with Gasteiger partial charge in [-0.15, -0.1) is 0 Å². The second kappa shape index (κ2) is 16.5. The van der Waals surface area contributed by atoms with Crippen LogP contribution in [0.4, 0.5) is 0 Å². The number of hydrogen-bond donors (Lipinski definition) is 8. The molecule has 0 aliphatic carbocycles. The van der Waals surface area contributed by atoms with E-state index in [9.17, 15) is 19.2 Å². The molecule has 0 aliphatic heterocycles. The van der Waals surface area contributed by atoms with Gasteiger partial charge in [-0.25, -0.2) is 0 Å². The predicted octanol–water partition coefficient (Wildman–Crippen LogP) is 4.82. The molecule has 5 aromatic carbocycles. The lowest BCUT2D eigenvalue weighted by Crippen LogP contribution is -2.58. The molecule has 8 rings (SSSR count). The summed E-state index contributed by atoms with van der Waals surface area (Å²) in [6.45, 7) is 0. The number of benzene rings is 5. The Morgan fingerprint density at radius 2 is 0.914 bits per heavy atom. The smallest absolute Gasteiger partial charge is 0.243 e. The highest BCUT2D eigenvalue weighted by Gasteiger charge is 2.32. The molecule has 0 bridgehead atoms. The predicted molar refractivity (Wildman–Crippen MR) is 227 cm³/mol. The summed E-state index contributed by atoms with van der Waals surface area (Å²) in [5.41, 5.74) is 18.3. The summed E-state index contributed by atoms with van der Waals surface area (Å²) in [6, 6.07) is 32.4. The second-order valence-corrected chi connectivity index (χ2v) is 14.8. The third kappa shape index (κ3) is 8.18. The van der Waals surface area contributed by atoms with Gasteiger partial charge < -0.3 is 42.4 Å². The normalized spacial score (nSPS) is 13.6. The third-order valence-electron chi connectivity index (χ3n) is 10.8. The van der Waals surface area contributed by atoms with Crippen LogP contribution in [0.1, 0.15) is 22.3 Å². The highest BCUT2D eigenvalue weighted by Crippen LogP contribution is 2.23. The van der Waals surface area contributed by atoms with Gasteiger partial charge in [-0.3, -0.25) is 19.2 Å². The van der Waals surface area contributed by atoms with Gasteiger partial charge in [0.1, 0.15) is 18.1 Å². The number of aromatic amines is 3. The zero-order chi connectivity index (χ0) is 40.2. The fourth-order valence-electron chi connectivity index (χ4n) is 7.74. The number of primary amides is 1. The van der Waals surface area contributed by atoms with Crippen molar-refractivity contribution in [3.8, 4) is 0 Å². The van der Waals surface area contributed by atoms with E-state index in [1.165, 1.54) is 0 Å². The molecule has 0 spiro atoms. The summed E-state index contributed by atoms with van der Waals surface area (Å²) < 4.78 is 0. The minimum atomic E-state index is -1.16. The van der Waals surface area contributed by atoms with Crippen molar-refractivity contribution in [1.82, 2.24) is 30.9 Å². The Balaban J connectivity index is 1.07. The molecule has 4 amide bonds. The van der Waals surface area contributed by atoms with Crippen LogP contribution < -0.4 is 27.4 Å². The third-order valence-corrected chi connectivity index (χ3v) is 10.8. The number of hydrogen-bond acceptors (Lipinski definition) is 5. The van der Waals surface area contributed by atoms with Crippen molar-refractivity contribution in [2.45, 2.75) is 49.9 Å². The number of rotatable bonds is 15. The Kier molecular flexibility index (Phi) is 10.7. The molecule has 0 saturated carbocycles. The average molecular weight is 773 g/mol. The Hall–Kier alpha value is -7.18. The number of H-pyrrole nitrogens is 3. The van der Waals surface area contributed by atoms with Crippen LogP contribution in [0.15, 0.2) is 134 Å². The number of amides is 4. The number of para-hydroxylation sites is 3. The highest BCUT2D eigenvalue weighted by molar-refractivity contribution is 5.96. The Morgan fingerprint density at radius 1 is 0.483 bits per heavy atom. The van der Waals surface area contributed by atoms with E-state index in [4.69, 9.17) is 11.5 Å². The van der Waals surface area contributed by atoms with Gasteiger partial charge in [0.15, 0.2) is 0 Å². The standard InChI is InChI=1S/C46H44N8O4/c47-36(21-30-24-49-37-14-6-3-11-33(30)37)44(56)53-41(22-31-25-50-38-15-7-4-12-34(31)38)46(58)54-42(23-32-26-51-39-16-8-5-13-35(32)39)45(57)52-40(43(48)55)20-27-17-18-28-9-1-2-10-29(28)19-27/h1-19,24-26,36,40-42,49-51H,20-23,47H2,(H2,48,55)(H,52,57)(H,53,56)(H,54,58)/t36-,40+,41-,42+/m1/s1. The lowest BCUT2D eigenvalue weighted by atomic mass is 9.99. The first-order chi connectivity index (χ1) is 28.2. The van der Waals surface area contributed by atoms with Gasteiger partial charge in [0.05, 0.1) is 6.04 Å². The quantitative estimate of drug-likeness (QED) is 0.0737. The van der Waals surface area contributed by atoms with Gasteiger partial charge in [0.2, 0.25) is 23.6 Å². The van der Waals surface area contributed by atoms with Crippen molar-refractivity contribution in [3.05, 3.63) is 156 Å². The van der Waals surface area contributed by atoms with E-state index < -0.39 is 47.8 Å². The first kappa shape index (κ1) is 37.7. The molecule has 0 unspecified atom stereocenters. The van der Waals surface area contributed by atoms with Crippen LogP contribution in [0.3, 0.4) is 0 Å². The number of fused-ring (bicyclic) bond motifs is 4. The minimum absolute atomic E-state index is 0.0802. The summed E-state index contributed by atoms with van der Waals surface area (Å²) in [5.74, 6) is -2.43. The largest absolute Gasteiger partial charge is 0.368 e. The Labute approximate surface area is 333 Å². The number of nitrogens with two attached hydrogens (primary N) is 2. The van der Waals surface area contributed by atoms with E-state index in [1.807, 2.05) is 128 Å². The molecule has 12 heteroatoms. The van der Waals surface area contributed by atoms with Crippen LogP contribution in [0.5, 0.6) is 0 Å². The van der Waals surface area contributed by atoms with Crippen molar-refractivity contribution >= 4 is 67.1 Å². The van der Waals surface area contributed by atoms with Crippen molar-refractivity contribution in [2.24, 2.45) is 11.5 Å². The fourth-order valence-corrected chi connectivity index (χ4v) is 7.74. The van der Waals surface area contributed by atoms with Crippen LogP contribution in [0.25, 0.3) is 43.5 Å². The molecule has 0 aliphatic rings. The van der Waals surface area contributed by atoms with Crippen LogP contribution >= 0.6 is 0 Å². The van der Waals surface area contributed by atoms with Crippen LogP contribution in [0, 0.1) is 0 Å². The molecule has 0 fully saturated rings. The van der Waals surface area contributed by atoms with Crippen LogP contribution in [-0.2, 0) is 44.9 Å². The molecule has 0 radical (unpaired) electrons. The maximum absolute atomic E-state index is 14.5. The Morgan fingerprint density at radius 3 is 1.43 bits per heavy atom. The maximum atomic E-state index is 14.5. The van der Waals surface area contributed by atoms with Crippen molar-refractivity contribution in [2.75, 3.05) is 0 Å². The van der Waals surface area contributed by atoms with Crippen molar-refractivity contribution in [1.29, 1.82) is 0 Å². The topological polar surface area (TPSA) is 204 Å². The molecule has 4 atom stereocenters. The fraction of sp³-hybridized carbons (Fsp3) is 0.174. The number of aromatic nitrogens is 3. The molecule has 3 aromatic heterocycles. The molecule has 8 aromatic rings. The van der Waals surface area contributed by atoms with Gasteiger partial charge in [0.25, 0.3) is 0 Å². The van der Waals surface area contributed by atoms with Crippen molar-refractivity contribution in [3.63, 3.8) is 0 Å². The monoisotopic (exact) mass is 772 g/mol. The lowest BCUT2D eigenvalue weighted by Gasteiger charge is -2.25. The van der Waals surface area contributed by atoms with Gasteiger partial charge in [-0.2, -0.15) is 0 Å². The average Bonchev–Trinajstić information content (AvgIpc) is 3.97. The molecule has 3 heterocycles. The summed E-state index contributed by atoms with van der Waals surface area (Å²) in [5, 5.41) is 13.4. The van der Waals surface area contributed by atoms with Crippen LogP contribution in [-0.4, -0.2) is 62.7 Å². The van der Waals surface area contributed by atoms with Crippen LogP contribution in [0.2, 0.25) is 0 Å². The highest BCUT2D eigenvalue weighted by atomic mass is 16.2. The molecule has 10 N–H and O–H groups in total. The number of carbonyl (C=O) groups is 4.